The van der Waals surface area contributed by atoms with E-state index in [-0.39, 0.29) is 18.1 Å². The smallest absolute Gasteiger partial charge is 0.305 e. The standard InChI is InChI=1S/C18H22N2O5S/c1-4-18(5-2,10-14(21)22)20-17(24)15-11(3)9-13(26-15)19-16(23)12-7-6-8-25-12/h6-9H,4-5,10H2,1-3H3,(H,19,23)(H,20,24)(H,21,22). The molecule has 2 aromatic heterocycles. The maximum absolute atomic E-state index is 12.7. The van der Waals surface area contributed by atoms with Crippen molar-refractivity contribution in [3.63, 3.8) is 0 Å². The Morgan fingerprint density at radius 2 is 1.92 bits per heavy atom. The van der Waals surface area contributed by atoms with Gasteiger partial charge >= 0.3 is 5.97 Å². The number of nitrogens with one attached hydrogen (secondary N) is 2. The molecular weight excluding hydrogens is 356 g/mol. The van der Waals surface area contributed by atoms with Crippen LogP contribution in [0.4, 0.5) is 5.00 Å². The number of rotatable bonds is 8. The fourth-order valence-electron chi connectivity index (χ4n) is 2.66. The van der Waals surface area contributed by atoms with Gasteiger partial charge in [-0.15, -0.1) is 11.3 Å². The summed E-state index contributed by atoms with van der Waals surface area (Å²) in [5, 5.41) is 15.2. The van der Waals surface area contributed by atoms with E-state index in [0.717, 1.165) is 11.3 Å². The van der Waals surface area contributed by atoms with Crippen molar-refractivity contribution in [2.24, 2.45) is 0 Å². The summed E-state index contributed by atoms with van der Waals surface area (Å²) in [4.78, 5) is 36.3. The molecule has 0 atom stereocenters. The van der Waals surface area contributed by atoms with E-state index < -0.39 is 17.4 Å². The largest absolute Gasteiger partial charge is 0.481 e. The van der Waals surface area contributed by atoms with Crippen LogP contribution < -0.4 is 10.6 Å². The van der Waals surface area contributed by atoms with Gasteiger partial charge in [0, 0.05) is 0 Å². The molecule has 8 heteroatoms. The molecule has 26 heavy (non-hydrogen) atoms. The number of aryl methyl sites for hydroxylation is 1. The third-order valence-corrected chi connectivity index (χ3v) is 5.48. The summed E-state index contributed by atoms with van der Waals surface area (Å²) in [5.41, 5.74) is -0.0876. The highest BCUT2D eigenvalue weighted by atomic mass is 32.1. The van der Waals surface area contributed by atoms with Crippen LogP contribution in [0.25, 0.3) is 0 Å². The van der Waals surface area contributed by atoms with Crippen molar-refractivity contribution in [3.8, 4) is 0 Å². The minimum Gasteiger partial charge on any atom is -0.481 e. The molecule has 0 unspecified atom stereocenters. The van der Waals surface area contributed by atoms with E-state index in [9.17, 15) is 14.4 Å². The lowest BCUT2D eigenvalue weighted by Crippen LogP contribution is -2.49. The van der Waals surface area contributed by atoms with Crippen molar-refractivity contribution in [2.45, 2.75) is 45.6 Å². The van der Waals surface area contributed by atoms with Crippen LogP contribution in [0.5, 0.6) is 0 Å². The number of hydrogen-bond acceptors (Lipinski definition) is 5. The van der Waals surface area contributed by atoms with E-state index in [1.807, 2.05) is 13.8 Å². The molecule has 0 saturated heterocycles. The van der Waals surface area contributed by atoms with Gasteiger partial charge in [0.2, 0.25) is 0 Å². The first kappa shape index (κ1) is 19.7. The predicted molar refractivity (Wildman–Crippen MR) is 98.7 cm³/mol. The van der Waals surface area contributed by atoms with Crippen molar-refractivity contribution >= 4 is 34.1 Å². The lowest BCUT2D eigenvalue weighted by molar-refractivity contribution is -0.138. The molecule has 0 aromatic carbocycles. The minimum atomic E-state index is -0.955. The molecule has 0 bridgehead atoms. The first-order chi connectivity index (χ1) is 12.3. The second-order valence-corrected chi connectivity index (χ2v) is 7.12. The first-order valence-electron chi connectivity index (χ1n) is 8.30. The summed E-state index contributed by atoms with van der Waals surface area (Å²) in [6, 6.07) is 4.87. The zero-order valence-electron chi connectivity index (χ0n) is 14.9. The molecule has 2 heterocycles. The number of thiophene rings is 1. The number of anilines is 1. The molecule has 140 valence electrons. The van der Waals surface area contributed by atoms with Gasteiger partial charge in [-0.25, -0.2) is 0 Å². The van der Waals surface area contributed by atoms with Crippen LogP contribution in [-0.2, 0) is 4.79 Å². The van der Waals surface area contributed by atoms with Gasteiger partial charge in [-0.05, 0) is 43.5 Å². The van der Waals surface area contributed by atoms with Gasteiger partial charge in [0.15, 0.2) is 5.76 Å². The van der Waals surface area contributed by atoms with Gasteiger partial charge in [-0.3, -0.25) is 14.4 Å². The van der Waals surface area contributed by atoms with Gasteiger partial charge in [0.1, 0.15) is 0 Å². The Kier molecular flexibility index (Phi) is 6.20. The van der Waals surface area contributed by atoms with E-state index in [4.69, 9.17) is 9.52 Å². The monoisotopic (exact) mass is 378 g/mol. The van der Waals surface area contributed by atoms with Crippen LogP contribution in [-0.4, -0.2) is 28.4 Å². The van der Waals surface area contributed by atoms with Crippen LogP contribution in [0, 0.1) is 6.92 Å². The highest BCUT2D eigenvalue weighted by Gasteiger charge is 2.32. The van der Waals surface area contributed by atoms with E-state index >= 15 is 0 Å². The lowest BCUT2D eigenvalue weighted by atomic mass is 9.89. The molecule has 2 rings (SSSR count). The van der Waals surface area contributed by atoms with Crippen LogP contribution in [0.1, 0.15) is 58.9 Å². The fourth-order valence-corrected chi connectivity index (χ4v) is 3.62. The van der Waals surface area contributed by atoms with Gasteiger partial charge in [0.05, 0.1) is 28.1 Å². The Balaban J connectivity index is 2.15. The summed E-state index contributed by atoms with van der Waals surface area (Å²) < 4.78 is 5.04. The number of carboxylic acids is 1. The number of carbonyl (C=O) groups excluding carboxylic acids is 2. The second-order valence-electron chi connectivity index (χ2n) is 6.07. The number of furan rings is 1. The van der Waals surface area contributed by atoms with Gasteiger partial charge in [0.25, 0.3) is 11.8 Å². The zero-order chi connectivity index (χ0) is 19.3. The SMILES string of the molecule is CCC(CC)(CC(=O)O)NC(=O)c1sc(NC(=O)c2ccco2)cc1C. The van der Waals surface area contributed by atoms with Crippen molar-refractivity contribution < 1.29 is 23.9 Å². The second kappa shape index (κ2) is 8.18. The van der Waals surface area contributed by atoms with E-state index in [0.29, 0.717) is 28.3 Å². The number of carboxylic acid groups (broad SMARTS) is 1. The Labute approximate surface area is 155 Å². The van der Waals surface area contributed by atoms with E-state index in [1.165, 1.54) is 6.26 Å². The maximum Gasteiger partial charge on any atom is 0.305 e. The molecule has 0 aliphatic carbocycles. The average Bonchev–Trinajstić information content (AvgIpc) is 3.23. The maximum atomic E-state index is 12.7. The van der Waals surface area contributed by atoms with Crippen molar-refractivity contribution in [1.82, 2.24) is 5.32 Å². The topological polar surface area (TPSA) is 109 Å². The fraction of sp³-hybridized carbons (Fsp3) is 0.389. The number of hydrogen-bond donors (Lipinski definition) is 3. The van der Waals surface area contributed by atoms with Crippen LogP contribution in [0.3, 0.4) is 0 Å². The lowest BCUT2D eigenvalue weighted by Gasteiger charge is -2.31. The molecule has 0 fully saturated rings. The summed E-state index contributed by atoms with van der Waals surface area (Å²) in [5.74, 6) is -1.51. The zero-order valence-corrected chi connectivity index (χ0v) is 15.7. The summed E-state index contributed by atoms with van der Waals surface area (Å²) in [7, 11) is 0. The summed E-state index contributed by atoms with van der Waals surface area (Å²) >= 11 is 1.14. The van der Waals surface area contributed by atoms with Crippen LogP contribution in [0.2, 0.25) is 0 Å². The molecule has 0 spiro atoms. The van der Waals surface area contributed by atoms with E-state index in [2.05, 4.69) is 10.6 Å². The van der Waals surface area contributed by atoms with E-state index in [1.54, 1.807) is 25.1 Å². The third-order valence-electron chi connectivity index (χ3n) is 4.33. The quantitative estimate of drug-likeness (QED) is 0.649. The number of amides is 2. The molecule has 2 aromatic rings. The first-order valence-corrected chi connectivity index (χ1v) is 9.11. The highest BCUT2D eigenvalue weighted by Crippen LogP contribution is 2.29. The predicted octanol–water partition coefficient (Wildman–Crippen LogP) is 3.67. The van der Waals surface area contributed by atoms with Crippen molar-refractivity contribution in [1.29, 1.82) is 0 Å². The third kappa shape index (κ3) is 4.51. The molecular formula is C18H22N2O5S. The van der Waals surface area contributed by atoms with Crippen LogP contribution in [0.15, 0.2) is 28.9 Å². The van der Waals surface area contributed by atoms with Crippen LogP contribution >= 0.6 is 11.3 Å². The molecule has 0 saturated carbocycles. The Morgan fingerprint density at radius 1 is 1.23 bits per heavy atom. The van der Waals surface area contributed by atoms with Gasteiger partial charge in [-0.1, -0.05) is 13.8 Å². The molecule has 0 aliphatic rings. The molecule has 0 radical (unpaired) electrons. The summed E-state index contributed by atoms with van der Waals surface area (Å²) in [6.07, 6.45) is 2.28. The Hall–Kier alpha value is -2.61. The number of aliphatic carboxylic acids is 1. The normalized spacial score (nSPS) is 11.2. The Morgan fingerprint density at radius 3 is 2.46 bits per heavy atom. The molecule has 7 nitrogen and oxygen atoms in total. The summed E-state index contributed by atoms with van der Waals surface area (Å²) in [6.45, 7) is 5.47. The molecule has 3 N–H and O–H groups in total. The van der Waals surface area contributed by atoms with Crippen molar-refractivity contribution in [3.05, 3.63) is 40.7 Å². The molecule has 2 amide bonds. The Bertz CT molecular complexity index is 791. The highest BCUT2D eigenvalue weighted by molar-refractivity contribution is 7.18. The minimum absolute atomic E-state index is 0.141. The van der Waals surface area contributed by atoms with Gasteiger partial charge < -0.3 is 20.2 Å². The molecule has 0 aliphatic heterocycles. The number of carbonyl (C=O) groups is 3. The van der Waals surface area contributed by atoms with Gasteiger partial charge in [-0.2, -0.15) is 0 Å². The van der Waals surface area contributed by atoms with Crippen molar-refractivity contribution in [2.75, 3.05) is 5.32 Å². The average molecular weight is 378 g/mol.